The van der Waals surface area contributed by atoms with Crippen LogP contribution in [0.5, 0.6) is 17.2 Å². The third-order valence-corrected chi connectivity index (χ3v) is 4.25. The third kappa shape index (κ3) is 5.53. The minimum absolute atomic E-state index is 0.0359. The Hall–Kier alpha value is -2.45. The number of hydrogen-bond acceptors (Lipinski definition) is 6. The Morgan fingerprint density at radius 1 is 1.12 bits per heavy atom. The number of benzene rings is 2. The molecule has 1 heterocycles. The van der Waals surface area contributed by atoms with E-state index in [9.17, 15) is 8.42 Å². The van der Waals surface area contributed by atoms with Crippen LogP contribution in [0.1, 0.15) is 0 Å². The first-order chi connectivity index (χ1) is 12.5. The molecular formula is C18H22N2O5S. The summed E-state index contributed by atoms with van der Waals surface area (Å²) in [7, 11) is -3.27. The predicted molar refractivity (Wildman–Crippen MR) is 99.6 cm³/mol. The molecule has 0 saturated carbocycles. The van der Waals surface area contributed by atoms with Gasteiger partial charge in [-0.15, -0.1) is 0 Å². The number of anilines is 1. The van der Waals surface area contributed by atoms with Crippen LogP contribution in [0.4, 0.5) is 5.69 Å². The van der Waals surface area contributed by atoms with E-state index in [-0.39, 0.29) is 6.10 Å². The Morgan fingerprint density at radius 2 is 1.85 bits per heavy atom. The first-order valence-electron chi connectivity index (χ1n) is 8.29. The molecule has 2 N–H and O–H groups in total. The lowest BCUT2D eigenvalue weighted by atomic mass is 10.2. The molecule has 140 valence electrons. The van der Waals surface area contributed by atoms with E-state index in [4.69, 9.17) is 14.2 Å². The number of nitrogens with one attached hydrogen (secondary N) is 2. The van der Waals surface area contributed by atoms with Crippen molar-refractivity contribution in [2.24, 2.45) is 0 Å². The van der Waals surface area contributed by atoms with E-state index in [1.165, 1.54) is 0 Å². The zero-order valence-corrected chi connectivity index (χ0v) is 15.3. The third-order valence-electron chi connectivity index (χ3n) is 3.64. The largest absolute Gasteiger partial charge is 0.492 e. The summed E-state index contributed by atoms with van der Waals surface area (Å²) in [5.74, 6) is 2.22. The zero-order valence-electron chi connectivity index (χ0n) is 14.5. The fourth-order valence-electron chi connectivity index (χ4n) is 2.50. The van der Waals surface area contributed by atoms with Crippen molar-refractivity contribution in [3.05, 3.63) is 48.5 Å². The molecule has 0 aromatic heterocycles. The second kappa shape index (κ2) is 8.29. The van der Waals surface area contributed by atoms with Crippen LogP contribution in [0.25, 0.3) is 0 Å². The first kappa shape index (κ1) is 18.3. The van der Waals surface area contributed by atoms with E-state index in [1.807, 2.05) is 24.3 Å². The summed E-state index contributed by atoms with van der Waals surface area (Å²) < 4.78 is 41.9. The molecule has 0 amide bonds. The summed E-state index contributed by atoms with van der Waals surface area (Å²) in [6.45, 7) is 2.32. The molecule has 1 unspecified atom stereocenters. The minimum atomic E-state index is -3.27. The van der Waals surface area contributed by atoms with Crippen molar-refractivity contribution in [1.29, 1.82) is 0 Å². The molecule has 7 nitrogen and oxygen atoms in total. The molecule has 1 aliphatic heterocycles. The van der Waals surface area contributed by atoms with Gasteiger partial charge in [-0.1, -0.05) is 12.1 Å². The van der Waals surface area contributed by atoms with Crippen LogP contribution in [0.3, 0.4) is 0 Å². The van der Waals surface area contributed by atoms with Gasteiger partial charge in [0.25, 0.3) is 0 Å². The lowest BCUT2D eigenvalue weighted by Crippen LogP contribution is -2.39. The maximum atomic E-state index is 11.2. The van der Waals surface area contributed by atoms with Crippen LogP contribution < -0.4 is 24.2 Å². The molecule has 0 aliphatic carbocycles. The Balaban J connectivity index is 1.35. The van der Waals surface area contributed by atoms with Crippen LogP contribution in [-0.2, 0) is 10.0 Å². The number of sulfonamides is 1. The molecule has 3 rings (SSSR count). The van der Waals surface area contributed by atoms with Crippen LogP contribution in [0, 0.1) is 0 Å². The summed E-state index contributed by atoms with van der Waals surface area (Å²) in [4.78, 5) is 0. The average Bonchev–Trinajstić information content (AvgIpc) is 2.61. The van der Waals surface area contributed by atoms with E-state index in [0.29, 0.717) is 37.7 Å². The Bertz CT molecular complexity index is 824. The van der Waals surface area contributed by atoms with Crippen molar-refractivity contribution < 1.29 is 22.6 Å². The highest BCUT2D eigenvalue weighted by atomic mass is 32.2. The van der Waals surface area contributed by atoms with Crippen LogP contribution in [-0.4, -0.2) is 47.1 Å². The average molecular weight is 378 g/mol. The van der Waals surface area contributed by atoms with Gasteiger partial charge in [0.05, 0.1) is 6.26 Å². The monoisotopic (exact) mass is 378 g/mol. The Morgan fingerprint density at radius 3 is 2.58 bits per heavy atom. The fourth-order valence-corrected chi connectivity index (χ4v) is 3.07. The number of para-hydroxylation sites is 2. The van der Waals surface area contributed by atoms with Gasteiger partial charge < -0.3 is 19.5 Å². The van der Waals surface area contributed by atoms with Gasteiger partial charge in [0, 0.05) is 18.8 Å². The van der Waals surface area contributed by atoms with Crippen molar-refractivity contribution in [3.63, 3.8) is 0 Å². The van der Waals surface area contributed by atoms with Gasteiger partial charge in [-0.3, -0.25) is 4.72 Å². The molecule has 26 heavy (non-hydrogen) atoms. The number of fused-ring (bicyclic) bond motifs is 1. The lowest BCUT2D eigenvalue weighted by Gasteiger charge is -2.26. The molecule has 0 fully saturated rings. The molecular weight excluding hydrogens is 356 g/mol. The molecule has 1 aliphatic rings. The lowest BCUT2D eigenvalue weighted by molar-refractivity contribution is 0.0897. The Kier molecular flexibility index (Phi) is 5.85. The van der Waals surface area contributed by atoms with Gasteiger partial charge in [-0.25, -0.2) is 8.42 Å². The molecule has 2 aromatic rings. The summed E-state index contributed by atoms with van der Waals surface area (Å²) in [6.07, 6.45) is 1.08. The molecule has 0 radical (unpaired) electrons. The van der Waals surface area contributed by atoms with Crippen molar-refractivity contribution >= 4 is 15.7 Å². The van der Waals surface area contributed by atoms with Gasteiger partial charge in [-0.2, -0.15) is 0 Å². The number of hydrogen-bond donors (Lipinski definition) is 2. The standard InChI is InChI=1S/C18H22N2O5S/c1-26(21,22)20-14-6-8-15(9-7-14)23-11-10-19-12-16-13-24-17-4-2-3-5-18(17)25-16/h2-9,16,19-20H,10-13H2,1H3. The van der Waals surface area contributed by atoms with E-state index >= 15 is 0 Å². The van der Waals surface area contributed by atoms with Gasteiger partial charge >= 0.3 is 0 Å². The summed E-state index contributed by atoms with van der Waals surface area (Å²) >= 11 is 0. The summed E-state index contributed by atoms with van der Waals surface area (Å²) in [5.41, 5.74) is 0.507. The van der Waals surface area contributed by atoms with Crippen LogP contribution in [0.2, 0.25) is 0 Å². The second-order valence-electron chi connectivity index (χ2n) is 5.95. The van der Waals surface area contributed by atoms with E-state index in [1.54, 1.807) is 24.3 Å². The topological polar surface area (TPSA) is 85.9 Å². The van der Waals surface area contributed by atoms with Crippen LogP contribution >= 0.6 is 0 Å². The molecule has 8 heteroatoms. The number of ether oxygens (including phenoxy) is 3. The van der Waals surface area contributed by atoms with Gasteiger partial charge in [0.15, 0.2) is 11.5 Å². The molecule has 0 saturated heterocycles. The summed E-state index contributed by atoms with van der Waals surface area (Å²) in [6, 6.07) is 14.4. The normalized spacial score (nSPS) is 16.1. The van der Waals surface area contributed by atoms with Crippen molar-refractivity contribution in [3.8, 4) is 17.2 Å². The quantitative estimate of drug-likeness (QED) is 0.682. The van der Waals surface area contributed by atoms with Gasteiger partial charge in [0.2, 0.25) is 10.0 Å². The highest BCUT2D eigenvalue weighted by Gasteiger charge is 2.19. The second-order valence-corrected chi connectivity index (χ2v) is 7.70. The predicted octanol–water partition coefficient (Wildman–Crippen LogP) is 1.87. The van der Waals surface area contributed by atoms with E-state index in [2.05, 4.69) is 10.0 Å². The summed E-state index contributed by atoms with van der Waals surface area (Å²) in [5, 5.41) is 3.28. The smallest absolute Gasteiger partial charge is 0.229 e. The van der Waals surface area contributed by atoms with Gasteiger partial charge in [0.1, 0.15) is 25.1 Å². The first-order valence-corrected chi connectivity index (χ1v) is 10.2. The maximum absolute atomic E-state index is 11.2. The van der Waals surface area contributed by atoms with Gasteiger partial charge in [-0.05, 0) is 36.4 Å². The maximum Gasteiger partial charge on any atom is 0.229 e. The molecule has 0 bridgehead atoms. The minimum Gasteiger partial charge on any atom is -0.492 e. The van der Waals surface area contributed by atoms with Crippen molar-refractivity contribution in [2.45, 2.75) is 6.10 Å². The van der Waals surface area contributed by atoms with Crippen molar-refractivity contribution in [2.75, 3.05) is 37.3 Å². The SMILES string of the molecule is CS(=O)(=O)Nc1ccc(OCCNCC2COc3ccccc3O2)cc1. The van der Waals surface area contributed by atoms with E-state index in [0.717, 1.165) is 17.8 Å². The van der Waals surface area contributed by atoms with E-state index < -0.39 is 10.0 Å². The molecule has 0 spiro atoms. The van der Waals surface area contributed by atoms with Crippen molar-refractivity contribution in [1.82, 2.24) is 5.32 Å². The fraction of sp³-hybridized carbons (Fsp3) is 0.333. The number of rotatable bonds is 8. The zero-order chi connectivity index (χ0) is 18.4. The molecule has 1 atom stereocenters. The Labute approximate surface area is 153 Å². The molecule has 2 aromatic carbocycles. The van der Waals surface area contributed by atoms with Crippen LogP contribution in [0.15, 0.2) is 48.5 Å². The highest BCUT2D eigenvalue weighted by Crippen LogP contribution is 2.30. The highest BCUT2D eigenvalue weighted by molar-refractivity contribution is 7.92.